The molecule has 0 aliphatic carbocycles. The van der Waals surface area contributed by atoms with E-state index in [4.69, 9.17) is 4.74 Å². The summed E-state index contributed by atoms with van der Waals surface area (Å²) in [6, 6.07) is 25.0. The zero-order valence-electron chi connectivity index (χ0n) is 19.7. The summed E-state index contributed by atoms with van der Waals surface area (Å²) in [7, 11) is -2.58. The van der Waals surface area contributed by atoms with E-state index in [0.29, 0.717) is 15.9 Å². The maximum atomic E-state index is 13.6. The van der Waals surface area contributed by atoms with Crippen LogP contribution in [0.2, 0.25) is 0 Å². The van der Waals surface area contributed by atoms with Gasteiger partial charge in [-0.05, 0) is 64.0 Å². The van der Waals surface area contributed by atoms with Crippen LogP contribution >= 0.6 is 15.9 Å². The molecule has 0 atom stereocenters. The van der Waals surface area contributed by atoms with Crippen LogP contribution in [0.4, 0.5) is 5.69 Å². The number of nitrogens with one attached hydrogen (secondary N) is 1. The van der Waals surface area contributed by atoms with Crippen molar-refractivity contribution in [3.63, 3.8) is 0 Å². The summed E-state index contributed by atoms with van der Waals surface area (Å²) < 4.78 is 33.9. The molecule has 0 saturated heterocycles. The molecule has 1 N–H and O–H groups in total. The minimum absolute atomic E-state index is 0.0165. The lowest BCUT2D eigenvalue weighted by Crippen LogP contribution is -2.39. The summed E-state index contributed by atoms with van der Waals surface area (Å²) in [6.07, 6.45) is 1.55. The van der Waals surface area contributed by atoms with Gasteiger partial charge >= 0.3 is 0 Å². The lowest BCUT2D eigenvalue weighted by Gasteiger charge is -2.24. The van der Waals surface area contributed by atoms with Gasteiger partial charge in [0.2, 0.25) is 0 Å². The monoisotopic (exact) mass is 565 g/mol. The molecule has 4 aromatic rings. The van der Waals surface area contributed by atoms with E-state index in [0.717, 1.165) is 26.2 Å². The van der Waals surface area contributed by atoms with Crippen molar-refractivity contribution in [1.82, 2.24) is 5.43 Å². The number of halogens is 1. The normalized spacial score (nSPS) is 11.5. The van der Waals surface area contributed by atoms with Crippen molar-refractivity contribution in [3.05, 3.63) is 101 Å². The van der Waals surface area contributed by atoms with Gasteiger partial charge in [0.1, 0.15) is 12.3 Å². The number of ether oxygens (including phenoxy) is 1. The predicted molar refractivity (Wildman–Crippen MR) is 146 cm³/mol. The first kappa shape index (κ1) is 25.4. The molecular weight excluding hydrogens is 542 g/mol. The molecule has 4 aromatic carbocycles. The van der Waals surface area contributed by atoms with Gasteiger partial charge in [0.25, 0.3) is 15.9 Å². The van der Waals surface area contributed by atoms with E-state index in [1.165, 1.54) is 19.2 Å². The summed E-state index contributed by atoms with van der Waals surface area (Å²) >= 11 is 3.33. The van der Waals surface area contributed by atoms with Crippen LogP contribution in [0, 0.1) is 6.92 Å². The number of anilines is 1. The molecule has 4 rings (SSSR count). The molecule has 1 amide bonds. The lowest BCUT2D eigenvalue weighted by atomic mass is 10.1. The van der Waals surface area contributed by atoms with Crippen molar-refractivity contribution in [2.75, 3.05) is 18.0 Å². The van der Waals surface area contributed by atoms with Crippen LogP contribution in [0.3, 0.4) is 0 Å². The zero-order valence-corrected chi connectivity index (χ0v) is 22.1. The van der Waals surface area contributed by atoms with Gasteiger partial charge in [-0.1, -0.05) is 60.2 Å². The number of aryl methyl sites for hydroxylation is 1. The summed E-state index contributed by atoms with van der Waals surface area (Å²) in [5.41, 5.74) is 4.62. The van der Waals surface area contributed by atoms with Crippen molar-refractivity contribution < 1.29 is 17.9 Å². The molecule has 0 aromatic heterocycles. The average molecular weight is 566 g/mol. The SMILES string of the molecule is COc1ccc(S(=O)(=O)N(CC(=O)N/N=C/c2cccc3ccccc23)c2ccc(C)cc2)cc1Br. The Morgan fingerprint density at radius 2 is 1.75 bits per heavy atom. The third kappa shape index (κ3) is 5.58. The number of hydrogen-bond acceptors (Lipinski definition) is 5. The summed E-state index contributed by atoms with van der Waals surface area (Å²) in [5.74, 6) is -0.0837. The van der Waals surface area contributed by atoms with Gasteiger partial charge in [0, 0.05) is 5.56 Å². The van der Waals surface area contributed by atoms with E-state index in [2.05, 4.69) is 26.5 Å². The molecular formula is C27H24BrN3O4S. The fourth-order valence-corrected chi connectivity index (χ4v) is 5.80. The van der Waals surface area contributed by atoms with Crippen molar-refractivity contribution in [1.29, 1.82) is 0 Å². The number of methoxy groups -OCH3 is 1. The van der Waals surface area contributed by atoms with Gasteiger partial charge in [-0.2, -0.15) is 5.10 Å². The number of hydrogen-bond donors (Lipinski definition) is 1. The van der Waals surface area contributed by atoms with E-state index in [-0.39, 0.29) is 4.90 Å². The van der Waals surface area contributed by atoms with Gasteiger partial charge in [-0.25, -0.2) is 13.8 Å². The van der Waals surface area contributed by atoms with E-state index >= 15 is 0 Å². The number of carbonyl (C=O) groups is 1. The Balaban J connectivity index is 1.59. The molecule has 0 heterocycles. The largest absolute Gasteiger partial charge is 0.496 e. The second-order valence-corrected chi connectivity index (χ2v) is 10.7. The van der Waals surface area contributed by atoms with Crippen molar-refractivity contribution >= 4 is 54.5 Å². The topological polar surface area (TPSA) is 88.1 Å². The number of carbonyl (C=O) groups excluding carboxylic acids is 1. The Morgan fingerprint density at radius 1 is 1.03 bits per heavy atom. The molecule has 0 radical (unpaired) electrons. The van der Waals surface area contributed by atoms with E-state index in [1.54, 1.807) is 36.5 Å². The summed E-state index contributed by atoms with van der Waals surface area (Å²) in [6.45, 7) is 1.44. The van der Waals surface area contributed by atoms with Crippen LogP contribution in [0.25, 0.3) is 10.8 Å². The molecule has 0 saturated carbocycles. The van der Waals surface area contributed by atoms with Gasteiger partial charge in [-0.3, -0.25) is 9.10 Å². The Kier molecular flexibility index (Phi) is 7.71. The molecule has 0 aliphatic heterocycles. The number of fused-ring (bicyclic) bond motifs is 1. The first-order valence-corrected chi connectivity index (χ1v) is 13.3. The van der Waals surface area contributed by atoms with Crippen LogP contribution < -0.4 is 14.5 Å². The fraction of sp³-hybridized carbons (Fsp3) is 0.111. The highest BCUT2D eigenvalue weighted by Crippen LogP contribution is 2.30. The maximum Gasteiger partial charge on any atom is 0.264 e. The number of rotatable bonds is 8. The van der Waals surface area contributed by atoms with Crippen LogP contribution in [-0.2, 0) is 14.8 Å². The summed E-state index contributed by atoms with van der Waals surface area (Å²) in [5, 5.41) is 6.12. The second kappa shape index (κ2) is 10.9. The Hall–Kier alpha value is -3.69. The minimum Gasteiger partial charge on any atom is -0.496 e. The van der Waals surface area contributed by atoms with Gasteiger partial charge < -0.3 is 4.74 Å². The van der Waals surface area contributed by atoms with Crippen molar-refractivity contribution in [2.45, 2.75) is 11.8 Å². The first-order chi connectivity index (χ1) is 17.3. The van der Waals surface area contributed by atoms with Crippen molar-refractivity contribution in [3.8, 4) is 5.75 Å². The third-order valence-electron chi connectivity index (χ3n) is 5.54. The lowest BCUT2D eigenvalue weighted by molar-refractivity contribution is -0.119. The fourth-order valence-electron chi connectivity index (χ4n) is 3.66. The number of nitrogens with zero attached hydrogens (tertiary/aromatic N) is 2. The van der Waals surface area contributed by atoms with E-state index in [9.17, 15) is 13.2 Å². The maximum absolute atomic E-state index is 13.6. The highest BCUT2D eigenvalue weighted by molar-refractivity contribution is 9.10. The Labute approximate surface area is 218 Å². The Bertz CT molecular complexity index is 1530. The molecule has 0 aliphatic rings. The smallest absolute Gasteiger partial charge is 0.264 e. The van der Waals surface area contributed by atoms with Crippen LogP contribution in [0.1, 0.15) is 11.1 Å². The average Bonchev–Trinajstić information content (AvgIpc) is 2.88. The minimum atomic E-state index is -4.08. The third-order valence-corrected chi connectivity index (χ3v) is 7.93. The number of amides is 1. The molecule has 36 heavy (non-hydrogen) atoms. The first-order valence-electron chi connectivity index (χ1n) is 11.0. The second-order valence-electron chi connectivity index (χ2n) is 8.01. The highest BCUT2D eigenvalue weighted by Gasteiger charge is 2.28. The van der Waals surface area contributed by atoms with E-state index < -0.39 is 22.5 Å². The number of hydrazone groups is 1. The van der Waals surface area contributed by atoms with Crippen LogP contribution in [0.15, 0.2) is 99.4 Å². The van der Waals surface area contributed by atoms with Gasteiger partial charge in [0.05, 0.1) is 28.4 Å². The molecule has 9 heteroatoms. The molecule has 0 fully saturated rings. The van der Waals surface area contributed by atoms with Crippen LogP contribution in [-0.4, -0.2) is 34.2 Å². The molecule has 0 unspecified atom stereocenters. The molecule has 184 valence electrons. The quantitative estimate of drug-likeness (QED) is 0.233. The van der Waals surface area contributed by atoms with Crippen LogP contribution in [0.5, 0.6) is 5.75 Å². The van der Waals surface area contributed by atoms with Crippen molar-refractivity contribution in [2.24, 2.45) is 5.10 Å². The zero-order chi connectivity index (χ0) is 25.7. The van der Waals surface area contributed by atoms with E-state index in [1.807, 2.05) is 49.4 Å². The van der Waals surface area contributed by atoms with Gasteiger partial charge in [0.15, 0.2) is 0 Å². The molecule has 7 nitrogen and oxygen atoms in total. The number of sulfonamides is 1. The molecule has 0 spiro atoms. The van der Waals surface area contributed by atoms with Gasteiger partial charge in [-0.15, -0.1) is 0 Å². The predicted octanol–water partition coefficient (Wildman–Crippen LogP) is 5.26. The Morgan fingerprint density at radius 3 is 2.47 bits per heavy atom. The standard InChI is InChI=1S/C27H24BrN3O4S/c1-19-10-12-22(13-11-19)31(36(33,34)23-14-15-26(35-2)25(28)16-23)18-27(32)30-29-17-21-8-5-7-20-6-3-4-9-24(20)21/h3-17H,18H2,1-2H3,(H,30,32)/b29-17+. The summed E-state index contributed by atoms with van der Waals surface area (Å²) in [4.78, 5) is 12.8. The highest BCUT2D eigenvalue weighted by atomic mass is 79.9. The molecule has 0 bridgehead atoms. The number of benzene rings is 4.